The molecule has 0 saturated carbocycles. The number of ether oxygens (including phenoxy) is 1. The van der Waals surface area contributed by atoms with Gasteiger partial charge in [-0.05, 0) is 32.4 Å². The molecule has 2 amide bonds. The van der Waals surface area contributed by atoms with Crippen molar-refractivity contribution >= 4 is 41.0 Å². The minimum absolute atomic E-state index is 0.0510. The number of carbonyl (C=O) groups excluding carboxylic acids is 4. The molecular weight excluding hydrogens is 356 g/mol. The lowest BCUT2D eigenvalue weighted by Gasteiger charge is -2.29. The maximum absolute atomic E-state index is 12.3. The van der Waals surface area contributed by atoms with Gasteiger partial charge in [0.1, 0.15) is 6.04 Å². The van der Waals surface area contributed by atoms with Gasteiger partial charge in [0.2, 0.25) is 5.91 Å². The number of hydrogen-bond donors (Lipinski definition) is 1. The number of esters is 1. The van der Waals surface area contributed by atoms with E-state index in [1.165, 1.54) is 6.92 Å². The number of rotatable bonds is 5. The topological polar surface area (TPSA) is 92.8 Å². The van der Waals surface area contributed by atoms with Crippen molar-refractivity contribution < 1.29 is 23.9 Å². The third-order valence-electron chi connectivity index (χ3n) is 4.62. The monoisotopic (exact) mass is 376 g/mol. The van der Waals surface area contributed by atoms with Gasteiger partial charge in [0.25, 0.3) is 5.91 Å². The zero-order valence-electron chi connectivity index (χ0n) is 14.6. The van der Waals surface area contributed by atoms with E-state index in [1.54, 1.807) is 40.9 Å². The summed E-state index contributed by atoms with van der Waals surface area (Å²) in [6, 6.07) is 5.88. The quantitative estimate of drug-likeness (QED) is 0.622. The first-order chi connectivity index (χ1) is 12.3. The lowest BCUT2D eigenvalue weighted by Crippen LogP contribution is -2.47. The van der Waals surface area contributed by atoms with Crippen LogP contribution in [0.15, 0.2) is 24.3 Å². The Bertz CT molecular complexity index is 781. The number of anilines is 1. The molecule has 1 N–H and O–H groups in total. The number of hydrogen-bond acceptors (Lipinski definition) is 6. The number of nitrogens with zero attached hydrogens (tertiary/aromatic N) is 1. The van der Waals surface area contributed by atoms with Gasteiger partial charge in [0, 0.05) is 23.4 Å². The largest absolute Gasteiger partial charge is 0.454 e. The zero-order valence-corrected chi connectivity index (χ0v) is 15.4. The number of nitrogens with one attached hydrogen (secondary N) is 1. The third kappa shape index (κ3) is 3.60. The fraction of sp³-hybridized carbons (Fsp3) is 0.444. The van der Waals surface area contributed by atoms with Crippen molar-refractivity contribution in [2.24, 2.45) is 0 Å². The van der Waals surface area contributed by atoms with Crippen LogP contribution in [0.25, 0.3) is 0 Å². The second-order valence-electron chi connectivity index (χ2n) is 6.56. The molecule has 1 aromatic carbocycles. The number of benzene rings is 1. The highest BCUT2D eigenvalue weighted by Gasteiger charge is 2.53. The van der Waals surface area contributed by atoms with Crippen LogP contribution in [0, 0.1) is 0 Å². The maximum atomic E-state index is 12.3. The van der Waals surface area contributed by atoms with E-state index in [9.17, 15) is 19.2 Å². The molecule has 2 fully saturated rings. The summed E-state index contributed by atoms with van der Waals surface area (Å²) < 4.78 is 5.11. The number of thioether (sulfide) groups is 1. The molecule has 0 aromatic heterocycles. The molecule has 26 heavy (non-hydrogen) atoms. The van der Waals surface area contributed by atoms with E-state index >= 15 is 0 Å². The molecule has 2 heterocycles. The molecule has 0 aliphatic carbocycles. The van der Waals surface area contributed by atoms with Crippen LogP contribution in [0.2, 0.25) is 0 Å². The Kier molecular flexibility index (Phi) is 5.04. The van der Waals surface area contributed by atoms with Crippen LogP contribution in [-0.2, 0) is 19.1 Å². The van der Waals surface area contributed by atoms with E-state index in [1.807, 2.05) is 6.92 Å². The van der Waals surface area contributed by atoms with Crippen molar-refractivity contribution in [3.63, 3.8) is 0 Å². The lowest BCUT2D eigenvalue weighted by atomic mass is 10.1. The Balaban J connectivity index is 1.55. The van der Waals surface area contributed by atoms with Crippen LogP contribution in [0.4, 0.5) is 5.69 Å². The van der Waals surface area contributed by atoms with E-state index in [0.717, 1.165) is 0 Å². The second kappa shape index (κ2) is 7.11. The summed E-state index contributed by atoms with van der Waals surface area (Å²) in [4.78, 5) is 49.0. The van der Waals surface area contributed by atoms with Crippen LogP contribution in [-0.4, -0.2) is 51.7 Å². The molecule has 0 spiro atoms. The average molecular weight is 376 g/mol. The van der Waals surface area contributed by atoms with Gasteiger partial charge in [-0.25, -0.2) is 4.79 Å². The predicted molar refractivity (Wildman–Crippen MR) is 96.8 cm³/mol. The molecule has 2 atom stereocenters. The molecular formula is C18H20N2O5S. The summed E-state index contributed by atoms with van der Waals surface area (Å²) in [6.07, 6.45) is 1.15. The minimum atomic E-state index is -0.645. The zero-order chi connectivity index (χ0) is 18.9. The highest BCUT2D eigenvalue weighted by atomic mass is 32.2. The van der Waals surface area contributed by atoms with Crippen LogP contribution < -0.4 is 5.32 Å². The SMILES string of the molecule is CC(=O)c1cccc(NC(=O)COC(=O)[C@H]2CS[C@]3(C)CCC(=O)N23)c1. The molecule has 1 aromatic rings. The number of carbonyl (C=O) groups is 4. The van der Waals surface area contributed by atoms with Crippen LogP contribution in [0.5, 0.6) is 0 Å². The molecule has 8 heteroatoms. The molecule has 0 radical (unpaired) electrons. The Morgan fingerprint density at radius 3 is 2.88 bits per heavy atom. The smallest absolute Gasteiger partial charge is 0.330 e. The van der Waals surface area contributed by atoms with Gasteiger partial charge in [0.15, 0.2) is 12.4 Å². The standard InChI is InChI=1S/C18H20N2O5S/c1-11(21)12-4-3-5-13(8-12)19-15(22)9-25-17(24)14-10-26-18(2)7-6-16(23)20(14)18/h3-5,8,14H,6-7,9-10H2,1-2H3,(H,19,22)/t14-,18-/m1/s1. The fourth-order valence-corrected chi connectivity index (χ4v) is 4.66. The van der Waals surface area contributed by atoms with E-state index in [0.29, 0.717) is 29.8 Å². The Morgan fingerprint density at radius 2 is 2.15 bits per heavy atom. The van der Waals surface area contributed by atoms with Crippen molar-refractivity contribution in [3.8, 4) is 0 Å². The summed E-state index contributed by atoms with van der Waals surface area (Å²) in [5.41, 5.74) is 0.937. The lowest BCUT2D eigenvalue weighted by molar-refractivity contribution is -0.155. The van der Waals surface area contributed by atoms with Gasteiger partial charge in [0.05, 0.1) is 4.87 Å². The fourth-order valence-electron chi connectivity index (χ4n) is 3.24. The number of Topliss-reactive ketones (excluding diaryl/α,β-unsaturated/α-hetero) is 1. The normalized spacial score (nSPS) is 24.3. The third-order valence-corrected chi connectivity index (χ3v) is 6.12. The Hall–Kier alpha value is -2.35. The van der Waals surface area contributed by atoms with Crippen LogP contribution in [0.3, 0.4) is 0 Å². The summed E-state index contributed by atoms with van der Waals surface area (Å²) in [5, 5.41) is 2.59. The van der Waals surface area contributed by atoms with Gasteiger partial charge in [-0.2, -0.15) is 0 Å². The average Bonchev–Trinajstić information content (AvgIpc) is 3.09. The van der Waals surface area contributed by atoms with Crippen molar-refractivity contribution in [2.75, 3.05) is 17.7 Å². The van der Waals surface area contributed by atoms with Gasteiger partial charge >= 0.3 is 5.97 Å². The molecule has 138 valence electrons. The molecule has 2 saturated heterocycles. The van der Waals surface area contributed by atoms with E-state index in [2.05, 4.69) is 5.32 Å². The first-order valence-corrected chi connectivity index (χ1v) is 9.32. The highest BCUT2D eigenvalue weighted by Crippen LogP contribution is 2.47. The first kappa shape index (κ1) is 18.4. The van der Waals surface area contributed by atoms with E-state index in [4.69, 9.17) is 4.74 Å². The van der Waals surface area contributed by atoms with Crippen LogP contribution in [0.1, 0.15) is 37.0 Å². The van der Waals surface area contributed by atoms with Crippen molar-refractivity contribution in [2.45, 2.75) is 37.6 Å². The minimum Gasteiger partial charge on any atom is -0.454 e. The summed E-state index contributed by atoms with van der Waals surface area (Å²) >= 11 is 1.57. The summed E-state index contributed by atoms with van der Waals surface area (Å²) in [6.45, 7) is 2.95. The molecule has 0 unspecified atom stereocenters. The van der Waals surface area contributed by atoms with E-state index < -0.39 is 24.5 Å². The maximum Gasteiger partial charge on any atom is 0.330 e. The summed E-state index contributed by atoms with van der Waals surface area (Å²) in [5.74, 6) is -0.748. The van der Waals surface area contributed by atoms with E-state index in [-0.39, 0.29) is 16.6 Å². The molecule has 7 nitrogen and oxygen atoms in total. The van der Waals surface area contributed by atoms with Crippen molar-refractivity contribution in [1.82, 2.24) is 4.90 Å². The predicted octanol–water partition coefficient (Wildman–Crippen LogP) is 1.82. The molecule has 2 aliphatic rings. The van der Waals surface area contributed by atoms with Gasteiger partial charge < -0.3 is 15.0 Å². The number of ketones is 1. The summed E-state index contributed by atoms with van der Waals surface area (Å²) in [7, 11) is 0. The number of fused-ring (bicyclic) bond motifs is 1. The van der Waals surface area contributed by atoms with Crippen molar-refractivity contribution in [1.29, 1.82) is 0 Å². The number of amides is 2. The molecule has 2 aliphatic heterocycles. The van der Waals surface area contributed by atoms with Gasteiger partial charge in [-0.15, -0.1) is 11.8 Å². The Labute approximate surface area is 155 Å². The highest BCUT2D eigenvalue weighted by molar-refractivity contribution is 8.01. The molecule has 0 bridgehead atoms. The van der Waals surface area contributed by atoms with Gasteiger partial charge in [-0.3, -0.25) is 14.4 Å². The van der Waals surface area contributed by atoms with Gasteiger partial charge in [-0.1, -0.05) is 12.1 Å². The second-order valence-corrected chi connectivity index (χ2v) is 8.06. The van der Waals surface area contributed by atoms with Crippen LogP contribution >= 0.6 is 11.8 Å². The first-order valence-electron chi connectivity index (χ1n) is 8.34. The van der Waals surface area contributed by atoms with Crippen molar-refractivity contribution in [3.05, 3.63) is 29.8 Å². The Morgan fingerprint density at radius 1 is 1.38 bits per heavy atom. The molecule has 3 rings (SSSR count).